The highest BCUT2D eigenvalue weighted by Crippen LogP contribution is 2.33. The van der Waals surface area contributed by atoms with Crippen molar-refractivity contribution in [3.63, 3.8) is 0 Å². The molecule has 1 aliphatic heterocycles. The van der Waals surface area contributed by atoms with Gasteiger partial charge in [-0.15, -0.1) is 0 Å². The molecule has 2 aromatic carbocycles. The Labute approximate surface area is 202 Å². The molecule has 6 nitrogen and oxygen atoms in total. The first-order valence-corrected chi connectivity index (χ1v) is 12.0. The average molecular weight is 479 g/mol. The number of aromatic nitrogens is 4. The molecule has 0 spiro atoms. The summed E-state index contributed by atoms with van der Waals surface area (Å²) in [6.07, 6.45) is 7.85. The van der Waals surface area contributed by atoms with Gasteiger partial charge in [-0.3, -0.25) is 9.48 Å². The number of benzene rings is 2. The van der Waals surface area contributed by atoms with Crippen LogP contribution in [0.5, 0.6) is 0 Å². The van der Waals surface area contributed by atoms with Crippen LogP contribution in [0, 0.1) is 25.5 Å². The minimum atomic E-state index is -0.695. The number of ether oxygens (including phenoxy) is 1. The number of halogens is 2. The zero-order valence-electron chi connectivity index (χ0n) is 19.9. The van der Waals surface area contributed by atoms with Crippen molar-refractivity contribution in [2.24, 2.45) is 0 Å². The van der Waals surface area contributed by atoms with Gasteiger partial charge in [0.1, 0.15) is 17.3 Å². The molecule has 1 saturated carbocycles. The van der Waals surface area contributed by atoms with Crippen LogP contribution in [0.15, 0.2) is 53.6 Å². The zero-order chi connectivity index (χ0) is 24.5. The van der Waals surface area contributed by atoms with Crippen molar-refractivity contribution < 1.29 is 13.5 Å². The Bertz CT molecular complexity index is 1410. The fourth-order valence-corrected chi connectivity index (χ4v) is 4.41. The first kappa shape index (κ1) is 23.4. The summed E-state index contributed by atoms with van der Waals surface area (Å²) in [6, 6.07) is 9.72. The minimum Gasteiger partial charge on any atom is -0.381 e. The number of hydrogen-bond donors (Lipinski definition) is 0. The van der Waals surface area contributed by atoms with Crippen LogP contribution in [0.4, 0.5) is 8.78 Å². The van der Waals surface area contributed by atoms with Gasteiger partial charge in [-0.25, -0.2) is 13.5 Å². The van der Waals surface area contributed by atoms with E-state index in [2.05, 4.69) is 10.2 Å². The van der Waals surface area contributed by atoms with E-state index in [0.717, 1.165) is 23.2 Å². The van der Waals surface area contributed by atoms with Crippen LogP contribution in [0.25, 0.3) is 22.0 Å². The Morgan fingerprint density at radius 1 is 0.943 bits per heavy atom. The maximum atomic E-state index is 14.5. The second-order valence-electron chi connectivity index (χ2n) is 9.27. The van der Waals surface area contributed by atoms with E-state index < -0.39 is 11.6 Å². The van der Waals surface area contributed by atoms with Crippen LogP contribution < -0.4 is 5.56 Å². The van der Waals surface area contributed by atoms with Crippen LogP contribution >= 0.6 is 0 Å². The van der Waals surface area contributed by atoms with Crippen molar-refractivity contribution in [2.75, 3.05) is 13.2 Å². The molecule has 2 aliphatic rings. The third-order valence-corrected chi connectivity index (χ3v) is 6.70. The summed E-state index contributed by atoms with van der Waals surface area (Å²) in [6.45, 7) is 4.99. The Kier molecular flexibility index (Phi) is 6.47. The van der Waals surface area contributed by atoms with Crippen molar-refractivity contribution >= 4 is 10.8 Å². The predicted octanol–water partition coefficient (Wildman–Crippen LogP) is 5.53. The van der Waals surface area contributed by atoms with Gasteiger partial charge in [0.05, 0.1) is 17.5 Å². The van der Waals surface area contributed by atoms with E-state index in [1.54, 1.807) is 0 Å². The van der Waals surface area contributed by atoms with Gasteiger partial charge in [-0.05, 0) is 81.0 Å². The van der Waals surface area contributed by atoms with Crippen molar-refractivity contribution in [1.29, 1.82) is 0 Å². The third kappa shape index (κ3) is 4.89. The Morgan fingerprint density at radius 3 is 2.29 bits per heavy atom. The standard InChI is InChI=1S/C21H20F2N2O2.C6H8N2/c1-12-9-17-18(10-13(12)2)21(26)25(15-5-7-27-8-6-15)24-20(17)16-4-3-14(22)11-19(16)23;1-4-7-8(5-1)6-2-3-6/h3-4,9-11,15H,5-8H2,1-2H3;1,4-6H,2-3H2. The van der Waals surface area contributed by atoms with Crippen LogP contribution in [-0.2, 0) is 4.74 Å². The van der Waals surface area contributed by atoms with Gasteiger partial charge in [0, 0.05) is 42.6 Å². The molecular weight excluding hydrogens is 450 g/mol. The Morgan fingerprint density at radius 2 is 1.66 bits per heavy atom. The van der Waals surface area contributed by atoms with E-state index in [0.29, 0.717) is 42.5 Å². The normalized spacial score (nSPS) is 16.2. The van der Waals surface area contributed by atoms with E-state index in [9.17, 15) is 13.6 Å². The summed E-state index contributed by atoms with van der Waals surface area (Å²) in [5, 5.41) is 9.72. The monoisotopic (exact) mass is 478 g/mol. The SMILES string of the molecule is Cc1cc2c(-c3ccc(F)cc3F)nn(C3CCOCC3)c(=O)c2cc1C.c1cnn(C2CC2)c1. The molecule has 0 bridgehead atoms. The van der Waals surface area contributed by atoms with E-state index in [-0.39, 0.29) is 17.2 Å². The van der Waals surface area contributed by atoms with Gasteiger partial charge in [0.15, 0.2) is 0 Å². The first-order valence-electron chi connectivity index (χ1n) is 12.0. The molecule has 2 aromatic heterocycles. The van der Waals surface area contributed by atoms with Gasteiger partial charge in [-0.1, -0.05) is 0 Å². The molecule has 2 fully saturated rings. The molecule has 0 N–H and O–H groups in total. The van der Waals surface area contributed by atoms with Crippen molar-refractivity contribution in [3.05, 3.63) is 81.9 Å². The molecule has 0 unspecified atom stereocenters. The Balaban J connectivity index is 0.000000265. The largest absolute Gasteiger partial charge is 0.381 e. The summed E-state index contributed by atoms with van der Waals surface area (Å²) in [5.41, 5.74) is 2.32. The maximum Gasteiger partial charge on any atom is 0.274 e. The van der Waals surface area contributed by atoms with E-state index in [4.69, 9.17) is 4.74 Å². The fraction of sp³-hybridized carbons (Fsp3) is 0.370. The van der Waals surface area contributed by atoms with Crippen LogP contribution in [0.3, 0.4) is 0 Å². The second-order valence-corrected chi connectivity index (χ2v) is 9.27. The quantitative estimate of drug-likeness (QED) is 0.389. The minimum absolute atomic E-state index is 0.0977. The molecule has 6 rings (SSSR count). The zero-order valence-corrected chi connectivity index (χ0v) is 19.9. The summed E-state index contributed by atoms with van der Waals surface area (Å²) in [7, 11) is 0. The van der Waals surface area contributed by atoms with Crippen molar-refractivity contribution in [1.82, 2.24) is 19.6 Å². The highest BCUT2D eigenvalue weighted by molar-refractivity contribution is 5.94. The van der Waals surface area contributed by atoms with Crippen LogP contribution in [-0.4, -0.2) is 32.8 Å². The number of fused-ring (bicyclic) bond motifs is 1. The van der Waals surface area contributed by atoms with Gasteiger partial charge < -0.3 is 4.74 Å². The summed E-state index contributed by atoms with van der Waals surface area (Å²) >= 11 is 0. The smallest absolute Gasteiger partial charge is 0.274 e. The molecular formula is C27H28F2N4O2. The van der Waals surface area contributed by atoms with Gasteiger partial charge >= 0.3 is 0 Å². The fourth-order valence-electron chi connectivity index (χ4n) is 4.41. The lowest BCUT2D eigenvalue weighted by Crippen LogP contribution is -2.31. The molecule has 8 heteroatoms. The molecule has 182 valence electrons. The summed E-state index contributed by atoms with van der Waals surface area (Å²) in [5.74, 6) is -1.34. The molecule has 0 atom stereocenters. The van der Waals surface area contributed by atoms with E-state index in [1.807, 2.05) is 49.1 Å². The molecule has 1 aliphatic carbocycles. The molecule has 0 radical (unpaired) electrons. The number of hydrogen-bond acceptors (Lipinski definition) is 4. The predicted molar refractivity (Wildman–Crippen MR) is 130 cm³/mol. The highest BCUT2D eigenvalue weighted by atomic mass is 19.1. The molecule has 1 saturated heterocycles. The summed E-state index contributed by atoms with van der Waals surface area (Å²) < 4.78 is 36.8. The van der Waals surface area contributed by atoms with Crippen LogP contribution in [0.2, 0.25) is 0 Å². The molecule has 0 amide bonds. The van der Waals surface area contributed by atoms with Crippen molar-refractivity contribution in [3.8, 4) is 11.3 Å². The highest BCUT2D eigenvalue weighted by Gasteiger charge is 2.23. The topological polar surface area (TPSA) is 61.9 Å². The van der Waals surface area contributed by atoms with Crippen LogP contribution in [0.1, 0.15) is 48.9 Å². The molecule has 3 heterocycles. The van der Waals surface area contributed by atoms with E-state index >= 15 is 0 Å². The number of nitrogens with zero attached hydrogens (tertiary/aromatic N) is 4. The van der Waals surface area contributed by atoms with Gasteiger partial charge in [0.25, 0.3) is 5.56 Å². The van der Waals surface area contributed by atoms with E-state index in [1.165, 1.54) is 29.7 Å². The molecule has 35 heavy (non-hydrogen) atoms. The Hall–Kier alpha value is -3.39. The third-order valence-electron chi connectivity index (χ3n) is 6.70. The second kappa shape index (κ2) is 9.70. The number of rotatable bonds is 3. The number of aryl methyl sites for hydroxylation is 2. The molecule has 4 aromatic rings. The average Bonchev–Trinajstić information content (AvgIpc) is 3.56. The lowest BCUT2D eigenvalue weighted by Gasteiger charge is -2.24. The van der Waals surface area contributed by atoms with Gasteiger partial charge in [-0.2, -0.15) is 10.2 Å². The summed E-state index contributed by atoms with van der Waals surface area (Å²) in [4.78, 5) is 13.1. The van der Waals surface area contributed by atoms with Crippen molar-refractivity contribution in [2.45, 2.75) is 51.6 Å². The van der Waals surface area contributed by atoms with Gasteiger partial charge in [0.2, 0.25) is 0 Å². The lowest BCUT2D eigenvalue weighted by molar-refractivity contribution is 0.0651. The lowest BCUT2D eigenvalue weighted by atomic mass is 9.99. The maximum absolute atomic E-state index is 14.5. The first-order chi connectivity index (χ1) is 16.9.